The van der Waals surface area contributed by atoms with E-state index in [4.69, 9.17) is 0 Å². The van der Waals surface area contributed by atoms with E-state index in [2.05, 4.69) is 31.5 Å². The predicted octanol–water partition coefficient (Wildman–Crippen LogP) is 3.53. The zero-order chi connectivity index (χ0) is 19.9. The standard InChI is InChI=1S/C18H17N7O3/c1-12(26)21-13-7-9-14(10-8-13)22-17-16(25(27)28)18(20-11-19-17)24-23-15-5-3-2-4-6-15/h2-11,23H,1H3,(H,21,26)(H2,19,20,22,24). The molecule has 0 aliphatic carbocycles. The first-order valence-electron chi connectivity index (χ1n) is 8.24. The van der Waals surface area contributed by atoms with Gasteiger partial charge in [0.05, 0.1) is 10.6 Å². The molecule has 0 unspecified atom stereocenters. The Kier molecular flexibility index (Phi) is 5.60. The minimum Gasteiger partial charge on any atom is -0.334 e. The van der Waals surface area contributed by atoms with Gasteiger partial charge in [-0.1, -0.05) is 18.2 Å². The number of hydrazine groups is 1. The van der Waals surface area contributed by atoms with Crippen LogP contribution in [0.15, 0.2) is 60.9 Å². The number of amides is 1. The minimum absolute atomic E-state index is 0.0150. The maximum absolute atomic E-state index is 11.6. The summed E-state index contributed by atoms with van der Waals surface area (Å²) in [5.41, 5.74) is 7.19. The van der Waals surface area contributed by atoms with Crippen molar-refractivity contribution in [3.8, 4) is 0 Å². The average Bonchev–Trinajstić information content (AvgIpc) is 2.68. The number of nitro groups is 1. The summed E-state index contributed by atoms with van der Waals surface area (Å²) < 4.78 is 0. The first-order chi connectivity index (χ1) is 13.5. The maximum Gasteiger partial charge on any atom is 0.355 e. The van der Waals surface area contributed by atoms with Crippen molar-refractivity contribution in [3.63, 3.8) is 0 Å². The third-order valence-electron chi connectivity index (χ3n) is 3.57. The van der Waals surface area contributed by atoms with Crippen molar-refractivity contribution in [1.82, 2.24) is 9.97 Å². The van der Waals surface area contributed by atoms with Crippen LogP contribution in [0.5, 0.6) is 0 Å². The molecule has 0 radical (unpaired) electrons. The highest BCUT2D eigenvalue weighted by Crippen LogP contribution is 2.31. The van der Waals surface area contributed by atoms with Crippen LogP contribution in [-0.2, 0) is 4.79 Å². The molecule has 0 fully saturated rings. The van der Waals surface area contributed by atoms with Crippen molar-refractivity contribution in [2.45, 2.75) is 6.92 Å². The van der Waals surface area contributed by atoms with Crippen molar-refractivity contribution < 1.29 is 9.72 Å². The zero-order valence-electron chi connectivity index (χ0n) is 14.8. The van der Waals surface area contributed by atoms with Crippen LogP contribution in [0.4, 0.5) is 34.4 Å². The fraction of sp³-hybridized carbons (Fsp3) is 0.0556. The molecule has 0 saturated carbocycles. The third-order valence-corrected chi connectivity index (χ3v) is 3.57. The summed E-state index contributed by atoms with van der Waals surface area (Å²) in [6, 6.07) is 15.8. The molecule has 0 atom stereocenters. The molecular formula is C18H17N7O3. The number of carbonyl (C=O) groups is 1. The van der Waals surface area contributed by atoms with Gasteiger partial charge in [-0.05, 0) is 36.4 Å². The Morgan fingerprint density at radius 1 is 0.893 bits per heavy atom. The number of nitrogens with zero attached hydrogens (tertiary/aromatic N) is 3. The van der Waals surface area contributed by atoms with Crippen LogP contribution in [0.1, 0.15) is 6.92 Å². The van der Waals surface area contributed by atoms with Gasteiger partial charge in [-0.25, -0.2) is 9.97 Å². The van der Waals surface area contributed by atoms with Crippen LogP contribution in [0.25, 0.3) is 0 Å². The summed E-state index contributed by atoms with van der Waals surface area (Å²) in [5.74, 6) is -0.139. The molecule has 142 valence electrons. The van der Waals surface area contributed by atoms with Crippen LogP contribution in [0, 0.1) is 10.1 Å². The van der Waals surface area contributed by atoms with Crippen LogP contribution in [-0.4, -0.2) is 20.8 Å². The van der Waals surface area contributed by atoms with E-state index in [1.165, 1.54) is 13.3 Å². The van der Waals surface area contributed by atoms with Gasteiger partial charge in [0.25, 0.3) is 0 Å². The van der Waals surface area contributed by atoms with Gasteiger partial charge in [0, 0.05) is 18.3 Å². The Hall–Kier alpha value is -4.21. The second-order valence-corrected chi connectivity index (χ2v) is 5.68. The van der Waals surface area contributed by atoms with Crippen molar-refractivity contribution in [2.24, 2.45) is 0 Å². The van der Waals surface area contributed by atoms with Gasteiger partial charge in [0.1, 0.15) is 6.33 Å². The number of hydrogen-bond acceptors (Lipinski definition) is 8. The molecule has 10 heteroatoms. The van der Waals surface area contributed by atoms with E-state index >= 15 is 0 Å². The van der Waals surface area contributed by atoms with Gasteiger partial charge in [-0.2, -0.15) is 0 Å². The fourth-order valence-electron chi connectivity index (χ4n) is 2.36. The van der Waals surface area contributed by atoms with E-state index in [-0.39, 0.29) is 23.2 Å². The summed E-state index contributed by atoms with van der Waals surface area (Å²) in [5, 5.41) is 17.1. The first-order valence-corrected chi connectivity index (χ1v) is 8.24. The number of nitrogens with one attached hydrogen (secondary N) is 4. The molecule has 1 heterocycles. The molecule has 0 aliphatic heterocycles. The predicted molar refractivity (Wildman–Crippen MR) is 106 cm³/mol. The number of carbonyl (C=O) groups excluding carboxylic acids is 1. The summed E-state index contributed by atoms with van der Waals surface area (Å²) in [4.78, 5) is 30.0. The first kappa shape index (κ1) is 18.6. The van der Waals surface area contributed by atoms with Crippen molar-refractivity contribution in [1.29, 1.82) is 0 Å². The van der Waals surface area contributed by atoms with Gasteiger partial charge in [0.15, 0.2) is 0 Å². The quantitative estimate of drug-likeness (QED) is 0.362. The van der Waals surface area contributed by atoms with Crippen molar-refractivity contribution in [3.05, 3.63) is 71.0 Å². The number of benzene rings is 2. The molecule has 0 saturated heterocycles. The average molecular weight is 379 g/mol. The largest absolute Gasteiger partial charge is 0.355 e. The normalized spacial score (nSPS) is 10.0. The van der Waals surface area contributed by atoms with Crippen LogP contribution < -0.4 is 21.5 Å². The van der Waals surface area contributed by atoms with Gasteiger partial charge in [-0.3, -0.25) is 25.8 Å². The molecule has 0 bridgehead atoms. The smallest absolute Gasteiger partial charge is 0.334 e. The summed E-state index contributed by atoms with van der Waals surface area (Å²) in [7, 11) is 0. The van der Waals surface area contributed by atoms with E-state index in [1.807, 2.05) is 18.2 Å². The topological polar surface area (TPSA) is 134 Å². The lowest BCUT2D eigenvalue weighted by atomic mass is 10.2. The lowest BCUT2D eigenvalue weighted by Gasteiger charge is -2.12. The summed E-state index contributed by atoms with van der Waals surface area (Å²) in [6.45, 7) is 1.41. The number of aromatic nitrogens is 2. The molecule has 28 heavy (non-hydrogen) atoms. The lowest BCUT2D eigenvalue weighted by Crippen LogP contribution is -2.13. The lowest BCUT2D eigenvalue weighted by molar-refractivity contribution is -0.383. The van der Waals surface area contributed by atoms with Crippen molar-refractivity contribution in [2.75, 3.05) is 21.5 Å². The SMILES string of the molecule is CC(=O)Nc1ccc(Nc2ncnc(NNc3ccccc3)c2[N+](=O)[O-])cc1. The highest BCUT2D eigenvalue weighted by molar-refractivity contribution is 5.89. The van der Waals surface area contributed by atoms with E-state index < -0.39 is 4.92 Å². The fourth-order valence-corrected chi connectivity index (χ4v) is 2.36. The summed E-state index contributed by atoms with van der Waals surface area (Å²) >= 11 is 0. The van der Waals surface area contributed by atoms with Gasteiger partial charge < -0.3 is 10.6 Å². The van der Waals surface area contributed by atoms with Crippen molar-refractivity contribution >= 4 is 40.3 Å². The van der Waals surface area contributed by atoms with E-state index in [0.29, 0.717) is 11.4 Å². The molecule has 10 nitrogen and oxygen atoms in total. The second kappa shape index (κ2) is 8.45. The highest BCUT2D eigenvalue weighted by Gasteiger charge is 2.23. The molecule has 3 rings (SSSR count). The molecule has 3 aromatic rings. The molecule has 0 spiro atoms. The second-order valence-electron chi connectivity index (χ2n) is 5.68. The third kappa shape index (κ3) is 4.69. The van der Waals surface area contributed by atoms with Crippen LogP contribution in [0.3, 0.4) is 0 Å². The Bertz CT molecular complexity index is 978. The molecular weight excluding hydrogens is 362 g/mol. The zero-order valence-corrected chi connectivity index (χ0v) is 14.8. The number of rotatable bonds is 7. The monoisotopic (exact) mass is 379 g/mol. The minimum atomic E-state index is -0.566. The maximum atomic E-state index is 11.6. The van der Waals surface area contributed by atoms with E-state index in [1.54, 1.807) is 36.4 Å². The molecule has 0 aliphatic rings. The highest BCUT2D eigenvalue weighted by atomic mass is 16.6. The van der Waals surface area contributed by atoms with E-state index in [0.717, 1.165) is 5.69 Å². The van der Waals surface area contributed by atoms with Crippen LogP contribution in [0.2, 0.25) is 0 Å². The molecule has 1 amide bonds. The van der Waals surface area contributed by atoms with E-state index in [9.17, 15) is 14.9 Å². The number of hydrogen-bond donors (Lipinski definition) is 4. The molecule has 4 N–H and O–H groups in total. The Morgan fingerprint density at radius 3 is 2.18 bits per heavy atom. The summed E-state index contributed by atoms with van der Waals surface area (Å²) in [6.07, 6.45) is 1.22. The Labute approximate surface area is 160 Å². The van der Waals surface area contributed by atoms with Crippen LogP contribution >= 0.6 is 0 Å². The number of para-hydroxylation sites is 1. The Balaban J connectivity index is 1.80. The molecule has 1 aromatic heterocycles. The molecule has 2 aromatic carbocycles. The van der Waals surface area contributed by atoms with Gasteiger partial charge >= 0.3 is 5.69 Å². The number of anilines is 5. The Morgan fingerprint density at radius 2 is 1.54 bits per heavy atom. The van der Waals surface area contributed by atoms with Gasteiger partial charge in [-0.15, -0.1) is 0 Å². The van der Waals surface area contributed by atoms with Gasteiger partial charge in [0.2, 0.25) is 17.5 Å².